The molecule has 194 valence electrons. The Morgan fingerprint density at radius 1 is 1.11 bits per heavy atom. The SMILES string of the molecule is C[C@@H](CCC(=O)O[C@H]1C[C@H]2CC=C[C@H]1C2)[C@@H]1CC[C@@H]2[C@H]3CC=C4C[C@@H](O)CC[C@]4(C)[C@@H]3CC[C@@]21C. The molecular formula is C32H48O3. The van der Waals surface area contributed by atoms with Crippen molar-refractivity contribution in [1.82, 2.24) is 0 Å². The second-order valence-electron chi connectivity index (χ2n) is 14.1. The van der Waals surface area contributed by atoms with E-state index in [1.807, 2.05) is 0 Å². The molecule has 3 heteroatoms. The Balaban J connectivity index is 1.08. The first kappa shape index (κ1) is 24.3. The van der Waals surface area contributed by atoms with Gasteiger partial charge in [-0.1, -0.05) is 44.6 Å². The van der Waals surface area contributed by atoms with Gasteiger partial charge in [0.25, 0.3) is 0 Å². The van der Waals surface area contributed by atoms with Gasteiger partial charge >= 0.3 is 5.97 Å². The minimum atomic E-state index is -0.118. The Hall–Kier alpha value is -1.09. The van der Waals surface area contributed by atoms with E-state index < -0.39 is 0 Å². The third-order valence-corrected chi connectivity index (χ3v) is 12.4. The molecule has 0 aromatic rings. The highest BCUT2D eigenvalue weighted by atomic mass is 16.5. The van der Waals surface area contributed by atoms with Crippen LogP contribution >= 0.6 is 0 Å². The molecule has 0 saturated heterocycles. The van der Waals surface area contributed by atoms with Gasteiger partial charge in [-0.25, -0.2) is 0 Å². The van der Waals surface area contributed by atoms with Crippen molar-refractivity contribution >= 4 is 5.97 Å². The van der Waals surface area contributed by atoms with Crippen LogP contribution in [-0.2, 0) is 9.53 Å². The molecule has 0 unspecified atom stereocenters. The fraction of sp³-hybridized carbons (Fsp3) is 0.844. The van der Waals surface area contributed by atoms with Gasteiger partial charge in [-0.2, -0.15) is 0 Å². The molecule has 0 amide bonds. The molecule has 1 N–H and O–H groups in total. The third-order valence-electron chi connectivity index (χ3n) is 12.4. The molecule has 0 heterocycles. The number of carbonyl (C=O) groups excluding carboxylic acids is 1. The van der Waals surface area contributed by atoms with Gasteiger partial charge in [0.2, 0.25) is 0 Å². The Bertz CT molecular complexity index is 889. The van der Waals surface area contributed by atoms with Gasteiger partial charge in [-0.3, -0.25) is 4.79 Å². The van der Waals surface area contributed by atoms with Crippen molar-refractivity contribution in [2.45, 2.75) is 116 Å². The molecule has 6 aliphatic rings. The highest BCUT2D eigenvalue weighted by molar-refractivity contribution is 5.69. The van der Waals surface area contributed by atoms with E-state index in [2.05, 4.69) is 39.0 Å². The van der Waals surface area contributed by atoms with Gasteiger partial charge in [0.15, 0.2) is 0 Å². The number of carbonyl (C=O) groups is 1. The first-order chi connectivity index (χ1) is 16.8. The second kappa shape index (κ2) is 9.03. The zero-order valence-electron chi connectivity index (χ0n) is 22.4. The Labute approximate surface area is 213 Å². The van der Waals surface area contributed by atoms with Gasteiger partial charge in [-0.05, 0) is 123 Å². The van der Waals surface area contributed by atoms with Crippen LogP contribution in [0.25, 0.3) is 0 Å². The number of allylic oxidation sites excluding steroid dienone is 2. The van der Waals surface area contributed by atoms with E-state index in [0.717, 1.165) is 55.3 Å². The fourth-order valence-electron chi connectivity index (χ4n) is 10.5. The van der Waals surface area contributed by atoms with Gasteiger partial charge in [-0.15, -0.1) is 0 Å². The summed E-state index contributed by atoms with van der Waals surface area (Å²) in [6.45, 7) is 7.56. The number of aliphatic hydroxyl groups is 1. The van der Waals surface area contributed by atoms with Crippen molar-refractivity contribution in [2.24, 2.45) is 52.3 Å². The van der Waals surface area contributed by atoms with Crippen molar-refractivity contribution < 1.29 is 14.6 Å². The Morgan fingerprint density at radius 3 is 2.80 bits per heavy atom. The molecule has 3 nitrogen and oxygen atoms in total. The van der Waals surface area contributed by atoms with Crippen LogP contribution in [0.2, 0.25) is 0 Å². The minimum Gasteiger partial charge on any atom is -0.462 e. The molecule has 2 bridgehead atoms. The molecule has 0 radical (unpaired) electrons. The Morgan fingerprint density at radius 2 is 1.97 bits per heavy atom. The molecule has 35 heavy (non-hydrogen) atoms. The van der Waals surface area contributed by atoms with Crippen LogP contribution in [0.3, 0.4) is 0 Å². The van der Waals surface area contributed by atoms with Gasteiger partial charge in [0.05, 0.1) is 6.10 Å². The lowest BCUT2D eigenvalue weighted by molar-refractivity contribution is -0.150. The largest absolute Gasteiger partial charge is 0.462 e. The molecule has 0 spiro atoms. The van der Waals surface area contributed by atoms with E-state index in [9.17, 15) is 9.90 Å². The van der Waals surface area contributed by atoms with E-state index in [1.165, 1.54) is 51.4 Å². The summed E-state index contributed by atoms with van der Waals surface area (Å²) in [6, 6.07) is 0. The van der Waals surface area contributed by atoms with Crippen LogP contribution in [0.5, 0.6) is 0 Å². The zero-order valence-corrected chi connectivity index (χ0v) is 22.4. The molecule has 4 fully saturated rings. The maximum absolute atomic E-state index is 12.8. The first-order valence-electron chi connectivity index (χ1n) is 15.0. The van der Waals surface area contributed by atoms with Crippen molar-refractivity contribution in [1.29, 1.82) is 0 Å². The van der Waals surface area contributed by atoms with Crippen molar-refractivity contribution in [3.63, 3.8) is 0 Å². The van der Waals surface area contributed by atoms with Gasteiger partial charge in [0, 0.05) is 12.3 Å². The minimum absolute atomic E-state index is 0.0450. The molecule has 0 aromatic carbocycles. The second-order valence-corrected chi connectivity index (χ2v) is 14.1. The van der Waals surface area contributed by atoms with Crippen molar-refractivity contribution in [2.75, 3.05) is 0 Å². The molecule has 6 rings (SSSR count). The van der Waals surface area contributed by atoms with E-state index in [1.54, 1.807) is 5.57 Å². The molecule has 0 aromatic heterocycles. The summed E-state index contributed by atoms with van der Waals surface area (Å²) in [7, 11) is 0. The van der Waals surface area contributed by atoms with Crippen LogP contribution in [0.1, 0.15) is 104 Å². The lowest BCUT2D eigenvalue weighted by atomic mass is 9.47. The van der Waals surface area contributed by atoms with E-state index in [0.29, 0.717) is 29.1 Å². The van der Waals surface area contributed by atoms with E-state index in [-0.39, 0.29) is 18.2 Å². The molecule has 6 aliphatic carbocycles. The number of ether oxygens (including phenoxy) is 1. The predicted molar refractivity (Wildman–Crippen MR) is 139 cm³/mol. The number of fused-ring (bicyclic) bond motifs is 7. The molecule has 4 saturated carbocycles. The summed E-state index contributed by atoms with van der Waals surface area (Å²) < 4.78 is 6.00. The molecular weight excluding hydrogens is 432 g/mol. The summed E-state index contributed by atoms with van der Waals surface area (Å²) in [5, 5.41) is 10.3. The van der Waals surface area contributed by atoms with Crippen LogP contribution in [0, 0.1) is 52.3 Å². The normalized spacial score (nSPS) is 49.0. The summed E-state index contributed by atoms with van der Waals surface area (Å²) in [5.74, 6) is 5.02. The maximum Gasteiger partial charge on any atom is 0.306 e. The lowest BCUT2D eigenvalue weighted by Crippen LogP contribution is -2.50. The number of hydrogen-bond acceptors (Lipinski definition) is 3. The lowest BCUT2D eigenvalue weighted by Gasteiger charge is -2.58. The predicted octanol–water partition coefficient (Wildman–Crippen LogP) is 7.24. The highest BCUT2D eigenvalue weighted by Gasteiger charge is 2.59. The average molecular weight is 481 g/mol. The smallest absolute Gasteiger partial charge is 0.306 e. The topological polar surface area (TPSA) is 46.5 Å². The zero-order chi connectivity index (χ0) is 24.4. The average Bonchev–Trinajstić information content (AvgIpc) is 3.33. The van der Waals surface area contributed by atoms with E-state index in [4.69, 9.17) is 4.74 Å². The van der Waals surface area contributed by atoms with E-state index >= 15 is 0 Å². The maximum atomic E-state index is 12.8. The quantitative estimate of drug-likeness (QED) is 0.333. The third kappa shape index (κ3) is 4.07. The number of hydrogen-bond donors (Lipinski definition) is 1. The summed E-state index contributed by atoms with van der Waals surface area (Å²) >= 11 is 0. The van der Waals surface area contributed by atoms with Crippen LogP contribution < -0.4 is 0 Å². The number of rotatable bonds is 5. The van der Waals surface area contributed by atoms with Gasteiger partial charge in [0.1, 0.15) is 6.10 Å². The summed E-state index contributed by atoms with van der Waals surface area (Å²) in [5.41, 5.74) is 2.32. The Kier molecular flexibility index (Phi) is 6.26. The first-order valence-corrected chi connectivity index (χ1v) is 15.0. The molecule has 0 aliphatic heterocycles. The fourth-order valence-corrected chi connectivity index (χ4v) is 10.5. The van der Waals surface area contributed by atoms with Crippen LogP contribution in [0.4, 0.5) is 0 Å². The van der Waals surface area contributed by atoms with Crippen molar-refractivity contribution in [3.05, 3.63) is 23.8 Å². The van der Waals surface area contributed by atoms with Gasteiger partial charge < -0.3 is 9.84 Å². The number of esters is 1. The van der Waals surface area contributed by atoms with Crippen LogP contribution in [0.15, 0.2) is 23.8 Å². The summed E-state index contributed by atoms with van der Waals surface area (Å²) in [6.07, 6.45) is 21.9. The van der Waals surface area contributed by atoms with Crippen LogP contribution in [-0.4, -0.2) is 23.3 Å². The highest BCUT2D eigenvalue weighted by Crippen LogP contribution is 2.67. The van der Waals surface area contributed by atoms with Crippen molar-refractivity contribution in [3.8, 4) is 0 Å². The molecule has 11 atom stereocenters. The standard InChI is InChI=1S/C32H48O3/c1-20(7-12-30(34)35-29-18-21-5-4-6-22(29)17-21)26-10-11-27-25-9-8-23-19-24(33)13-15-31(23,2)28(25)14-16-32(26,27)3/h4,6,8,20-22,24-29,33H,5,7,9-19H2,1-3H3/t20-,21-,22-,24-,25+,26-,27+,28+,29-,31-,32+/m0/s1. The number of aliphatic hydroxyl groups excluding tert-OH is 1. The monoisotopic (exact) mass is 480 g/mol. The summed E-state index contributed by atoms with van der Waals surface area (Å²) in [4.78, 5) is 12.8.